The molecular weight excluding hydrogens is 362 g/mol. The van der Waals surface area contributed by atoms with Gasteiger partial charge in [-0.1, -0.05) is 6.07 Å². The van der Waals surface area contributed by atoms with E-state index in [0.29, 0.717) is 29.8 Å². The van der Waals surface area contributed by atoms with Gasteiger partial charge in [0.1, 0.15) is 5.82 Å². The lowest BCUT2D eigenvalue weighted by Gasteiger charge is -2.16. The Balaban J connectivity index is 2.08. The van der Waals surface area contributed by atoms with E-state index in [4.69, 9.17) is 5.73 Å². The molecule has 8 heteroatoms. The molecular formula is C19H11F4N3O. The van der Waals surface area contributed by atoms with Crippen LogP contribution in [0.1, 0.15) is 27.0 Å². The summed E-state index contributed by atoms with van der Waals surface area (Å²) in [4.78, 5) is 20.2. The largest absolute Gasteiger partial charge is 0.416 e. The number of aromatic nitrogens is 1. The fourth-order valence-electron chi connectivity index (χ4n) is 3.30. The Morgan fingerprint density at radius 2 is 1.96 bits per heavy atom. The molecule has 0 atom stereocenters. The summed E-state index contributed by atoms with van der Waals surface area (Å²) >= 11 is 0. The van der Waals surface area contributed by atoms with Crippen molar-refractivity contribution in [1.82, 2.24) is 4.98 Å². The van der Waals surface area contributed by atoms with Gasteiger partial charge in [-0.2, -0.15) is 13.2 Å². The molecule has 2 N–H and O–H groups in total. The average molecular weight is 373 g/mol. The third-order valence-electron chi connectivity index (χ3n) is 4.48. The molecule has 0 fully saturated rings. The molecule has 0 unspecified atom stereocenters. The minimum atomic E-state index is -4.81. The first kappa shape index (κ1) is 17.1. The zero-order valence-electron chi connectivity index (χ0n) is 13.6. The van der Waals surface area contributed by atoms with Crippen LogP contribution in [0.2, 0.25) is 0 Å². The Morgan fingerprint density at radius 1 is 1.19 bits per heavy atom. The highest BCUT2D eigenvalue weighted by atomic mass is 19.4. The maximum absolute atomic E-state index is 14.8. The maximum Gasteiger partial charge on any atom is 0.416 e. The molecule has 0 spiro atoms. The molecule has 2 heterocycles. The zero-order valence-corrected chi connectivity index (χ0v) is 13.6. The molecule has 2 aromatic carbocycles. The molecule has 3 aromatic rings. The van der Waals surface area contributed by atoms with Crippen LogP contribution >= 0.6 is 0 Å². The summed E-state index contributed by atoms with van der Waals surface area (Å²) in [6.45, 7) is 0.333. The molecule has 4 nitrogen and oxygen atoms in total. The van der Waals surface area contributed by atoms with Gasteiger partial charge in [0.25, 0.3) is 0 Å². The normalized spacial score (nSPS) is 13.2. The van der Waals surface area contributed by atoms with E-state index in [2.05, 4.69) is 9.98 Å². The maximum atomic E-state index is 14.8. The highest BCUT2D eigenvalue weighted by Gasteiger charge is 2.34. The number of primary amides is 1. The van der Waals surface area contributed by atoms with E-state index in [0.717, 1.165) is 10.9 Å². The molecule has 1 amide bonds. The van der Waals surface area contributed by atoms with Gasteiger partial charge < -0.3 is 5.73 Å². The molecule has 1 aliphatic rings. The van der Waals surface area contributed by atoms with Gasteiger partial charge in [0.15, 0.2) is 0 Å². The number of benzene rings is 2. The number of hydrogen-bond acceptors (Lipinski definition) is 3. The van der Waals surface area contributed by atoms with Crippen molar-refractivity contribution < 1.29 is 22.4 Å². The number of fused-ring (bicyclic) bond motifs is 3. The van der Waals surface area contributed by atoms with E-state index in [1.165, 1.54) is 12.3 Å². The number of hydrogen-bond donors (Lipinski definition) is 1. The Morgan fingerprint density at radius 3 is 2.67 bits per heavy atom. The van der Waals surface area contributed by atoms with Gasteiger partial charge in [0.2, 0.25) is 5.91 Å². The number of pyridine rings is 1. The first-order valence-corrected chi connectivity index (χ1v) is 7.88. The smallest absolute Gasteiger partial charge is 0.366 e. The van der Waals surface area contributed by atoms with Crippen LogP contribution in [0, 0.1) is 5.82 Å². The number of aliphatic imine (C=N–C) groups is 1. The molecule has 1 aliphatic heterocycles. The van der Waals surface area contributed by atoms with E-state index in [1.807, 2.05) is 6.07 Å². The van der Waals surface area contributed by atoms with Crippen molar-refractivity contribution in [2.24, 2.45) is 10.7 Å². The van der Waals surface area contributed by atoms with Gasteiger partial charge in [0.05, 0.1) is 23.2 Å². The SMILES string of the molecule is NC(=O)c1cc(C(F)(F)F)cc(F)c1-c1cc2ncccc2c2c1C=NC2. The number of rotatable bonds is 2. The molecule has 27 heavy (non-hydrogen) atoms. The second-order valence-corrected chi connectivity index (χ2v) is 6.10. The fourth-order valence-corrected chi connectivity index (χ4v) is 3.30. The lowest BCUT2D eigenvalue weighted by atomic mass is 9.89. The third kappa shape index (κ3) is 2.73. The summed E-state index contributed by atoms with van der Waals surface area (Å²) in [7, 11) is 0. The topological polar surface area (TPSA) is 68.3 Å². The first-order chi connectivity index (χ1) is 12.8. The van der Waals surface area contributed by atoms with Crippen LogP contribution < -0.4 is 5.73 Å². The van der Waals surface area contributed by atoms with Crippen molar-refractivity contribution in [2.75, 3.05) is 0 Å². The van der Waals surface area contributed by atoms with E-state index in [1.54, 1.807) is 12.3 Å². The van der Waals surface area contributed by atoms with Crippen molar-refractivity contribution in [1.29, 1.82) is 0 Å². The number of alkyl halides is 3. The van der Waals surface area contributed by atoms with Crippen molar-refractivity contribution in [3.63, 3.8) is 0 Å². The van der Waals surface area contributed by atoms with Crippen LogP contribution in [0.5, 0.6) is 0 Å². The summed E-state index contributed by atoms with van der Waals surface area (Å²) in [6, 6.07) is 6.04. The highest BCUT2D eigenvalue weighted by Crippen LogP contribution is 2.39. The number of amides is 1. The van der Waals surface area contributed by atoms with E-state index < -0.39 is 29.0 Å². The molecule has 0 radical (unpaired) electrons. The number of nitrogens with zero attached hydrogens (tertiary/aromatic N) is 2. The van der Waals surface area contributed by atoms with Crippen molar-refractivity contribution in [2.45, 2.75) is 12.7 Å². The number of carbonyl (C=O) groups is 1. The Hall–Kier alpha value is -3.29. The van der Waals surface area contributed by atoms with Crippen LogP contribution in [-0.2, 0) is 12.7 Å². The monoisotopic (exact) mass is 373 g/mol. The lowest BCUT2D eigenvalue weighted by molar-refractivity contribution is -0.137. The van der Waals surface area contributed by atoms with Crippen molar-refractivity contribution in [3.8, 4) is 11.1 Å². The molecule has 0 saturated carbocycles. The van der Waals surface area contributed by atoms with E-state index in [-0.39, 0.29) is 11.1 Å². The van der Waals surface area contributed by atoms with Crippen LogP contribution in [0.4, 0.5) is 17.6 Å². The van der Waals surface area contributed by atoms with Gasteiger partial charge in [-0.25, -0.2) is 4.39 Å². The summed E-state index contributed by atoms with van der Waals surface area (Å²) in [5.41, 5.74) is 5.23. The van der Waals surface area contributed by atoms with Gasteiger partial charge in [-0.05, 0) is 35.4 Å². The molecule has 1 aromatic heterocycles. The van der Waals surface area contributed by atoms with Crippen LogP contribution in [-0.4, -0.2) is 17.1 Å². The van der Waals surface area contributed by atoms with Crippen LogP contribution in [0.25, 0.3) is 22.0 Å². The fraction of sp³-hybridized carbons (Fsp3) is 0.105. The number of halogens is 4. The second-order valence-electron chi connectivity index (χ2n) is 6.10. The highest BCUT2D eigenvalue weighted by molar-refractivity contribution is 6.07. The molecule has 4 rings (SSSR count). The van der Waals surface area contributed by atoms with E-state index >= 15 is 0 Å². The summed E-state index contributed by atoms with van der Waals surface area (Å²) in [5.74, 6) is -2.34. The molecule has 0 aliphatic carbocycles. The Kier molecular flexibility index (Phi) is 3.73. The number of nitrogens with two attached hydrogens (primary N) is 1. The molecule has 0 bridgehead atoms. The Bertz CT molecular complexity index is 1140. The third-order valence-corrected chi connectivity index (χ3v) is 4.48. The minimum Gasteiger partial charge on any atom is -0.366 e. The van der Waals surface area contributed by atoms with Gasteiger partial charge in [-0.3, -0.25) is 14.8 Å². The predicted molar refractivity (Wildman–Crippen MR) is 92.0 cm³/mol. The standard InChI is InChI=1S/C19H11F4N3O/c20-15-5-9(19(21,22)23)4-12(18(24)27)17(15)11-6-16-10(2-1-3-26-16)13-7-25-8-14(11)13/h1-6,8H,7H2,(H2,24,27). The average Bonchev–Trinajstić information content (AvgIpc) is 3.09. The summed E-state index contributed by atoms with van der Waals surface area (Å²) in [6.07, 6.45) is -1.75. The molecule has 136 valence electrons. The minimum absolute atomic E-state index is 0.234. The molecule has 0 saturated heterocycles. The second kappa shape index (κ2) is 5.87. The number of carbonyl (C=O) groups excluding carboxylic acids is 1. The van der Waals surface area contributed by atoms with Gasteiger partial charge in [-0.15, -0.1) is 0 Å². The summed E-state index contributed by atoms with van der Waals surface area (Å²) in [5, 5.41) is 0.807. The van der Waals surface area contributed by atoms with Crippen LogP contribution in [0.3, 0.4) is 0 Å². The lowest BCUT2D eigenvalue weighted by Crippen LogP contribution is -2.17. The van der Waals surface area contributed by atoms with E-state index in [9.17, 15) is 22.4 Å². The first-order valence-electron chi connectivity index (χ1n) is 7.88. The van der Waals surface area contributed by atoms with Crippen LogP contribution in [0.15, 0.2) is 41.5 Å². The quantitative estimate of drug-likeness (QED) is 0.688. The van der Waals surface area contributed by atoms with Gasteiger partial charge in [0, 0.05) is 28.9 Å². The summed E-state index contributed by atoms with van der Waals surface area (Å²) < 4.78 is 53.9. The van der Waals surface area contributed by atoms with Crippen molar-refractivity contribution >= 4 is 23.0 Å². The predicted octanol–water partition coefficient (Wildman–Crippen LogP) is 4.09. The Labute approximate surface area is 150 Å². The zero-order chi connectivity index (χ0) is 19.3. The van der Waals surface area contributed by atoms with Gasteiger partial charge >= 0.3 is 6.18 Å². The van der Waals surface area contributed by atoms with Crippen molar-refractivity contribution in [3.05, 3.63) is 64.6 Å².